The molecule has 100 valence electrons. The van der Waals surface area contributed by atoms with Gasteiger partial charge < -0.3 is 15.2 Å². The topological polar surface area (TPSA) is 47.7 Å². The second kappa shape index (κ2) is 6.07. The molecule has 0 amide bonds. The molecule has 2 rings (SSSR count). The lowest BCUT2D eigenvalue weighted by molar-refractivity contribution is -0.0126. The van der Waals surface area contributed by atoms with Crippen molar-refractivity contribution in [2.24, 2.45) is 0 Å². The first-order valence-corrected chi connectivity index (χ1v) is 6.48. The molecule has 0 saturated carbocycles. The molecule has 1 atom stereocenters. The van der Waals surface area contributed by atoms with Crippen LogP contribution < -0.4 is 10.5 Å². The van der Waals surface area contributed by atoms with Crippen LogP contribution in [0.3, 0.4) is 0 Å². The van der Waals surface area contributed by atoms with Gasteiger partial charge in [0, 0.05) is 30.9 Å². The van der Waals surface area contributed by atoms with Gasteiger partial charge in [0.2, 0.25) is 0 Å². The molecule has 0 spiro atoms. The number of morpholine rings is 1. The maximum atomic E-state index is 6.06. The number of nitrogens with zero attached hydrogens (tertiary/aromatic N) is 1. The summed E-state index contributed by atoms with van der Waals surface area (Å²) in [6.07, 6.45) is 1.11. The van der Waals surface area contributed by atoms with Crippen molar-refractivity contribution in [3.8, 4) is 5.75 Å². The molecule has 1 aromatic rings. The van der Waals surface area contributed by atoms with Gasteiger partial charge >= 0.3 is 0 Å². The summed E-state index contributed by atoms with van der Waals surface area (Å²) in [5.41, 5.74) is 8.03. The summed E-state index contributed by atoms with van der Waals surface area (Å²) in [5.74, 6) is 0.810. The molecular weight excluding hydrogens is 228 g/mol. The molecule has 0 bridgehead atoms. The number of rotatable bonds is 4. The van der Waals surface area contributed by atoms with Gasteiger partial charge in [0.05, 0.1) is 20.3 Å². The van der Waals surface area contributed by atoms with E-state index in [0.717, 1.165) is 49.7 Å². The van der Waals surface area contributed by atoms with Crippen LogP contribution in [0.2, 0.25) is 0 Å². The monoisotopic (exact) mass is 250 g/mol. The van der Waals surface area contributed by atoms with Crippen molar-refractivity contribution in [1.82, 2.24) is 4.90 Å². The predicted octanol–water partition coefficient (Wildman–Crippen LogP) is 1.89. The summed E-state index contributed by atoms with van der Waals surface area (Å²) in [5, 5.41) is 0. The maximum absolute atomic E-state index is 6.06. The van der Waals surface area contributed by atoms with E-state index in [1.54, 1.807) is 7.11 Å². The minimum atomic E-state index is 0.500. The van der Waals surface area contributed by atoms with Crippen molar-refractivity contribution < 1.29 is 9.47 Å². The molecule has 1 aliphatic heterocycles. The lowest BCUT2D eigenvalue weighted by Crippen LogP contribution is -2.44. The van der Waals surface area contributed by atoms with Crippen molar-refractivity contribution in [3.05, 3.63) is 23.8 Å². The molecule has 4 heteroatoms. The smallest absolute Gasteiger partial charge is 0.120 e. The zero-order valence-corrected chi connectivity index (χ0v) is 11.2. The van der Waals surface area contributed by atoms with Crippen LogP contribution in [0.5, 0.6) is 5.75 Å². The third-order valence-corrected chi connectivity index (χ3v) is 3.55. The highest BCUT2D eigenvalue weighted by atomic mass is 16.5. The molecule has 1 fully saturated rings. The van der Waals surface area contributed by atoms with E-state index in [1.165, 1.54) is 0 Å². The lowest BCUT2D eigenvalue weighted by Gasteiger charge is -2.35. The second-order valence-electron chi connectivity index (χ2n) is 4.67. The Labute approximate surface area is 109 Å². The number of hydrogen-bond donors (Lipinski definition) is 1. The van der Waals surface area contributed by atoms with E-state index in [-0.39, 0.29) is 0 Å². The quantitative estimate of drug-likeness (QED) is 0.829. The van der Waals surface area contributed by atoms with Crippen molar-refractivity contribution in [2.45, 2.75) is 25.9 Å². The largest absolute Gasteiger partial charge is 0.497 e. The minimum absolute atomic E-state index is 0.500. The highest BCUT2D eigenvalue weighted by molar-refractivity contribution is 5.51. The molecule has 1 aliphatic rings. The highest BCUT2D eigenvalue weighted by Crippen LogP contribution is 2.23. The SMILES string of the molecule is CCC1COCCN1Cc1ccc(OC)cc1N. The third-order valence-electron chi connectivity index (χ3n) is 3.55. The fraction of sp³-hybridized carbons (Fsp3) is 0.571. The first-order valence-electron chi connectivity index (χ1n) is 6.48. The molecule has 0 radical (unpaired) electrons. The average Bonchev–Trinajstić information content (AvgIpc) is 2.41. The number of benzene rings is 1. The fourth-order valence-electron chi connectivity index (χ4n) is 2.34. The van der Waals surface area contributed by atoms with Gasteiger partial charge in [0.25, 0.3) is 0 Å². The number of nitrogens with two attached hydrogens (primary N) is 1. The Morgan fingerprint density at radius 1 is 1.50 bits per heavy atom. The normalized spacial score (nSPS) is 20.9. The highest BCUT2D eigenvalue weighted by Gasteiger charge is 2.21. The standard InChI is InChI=1S/C14H22N2O2/c1-3-12-10-18-7-6-16(12)9-11-4-5-13(17-2)8-14(11)15/h4-5,8,12H,3,6-7,9-10,15H2,1-2H3. The third kappa shape index (κ3) is 2.94. The Morgan fingerprint density at radius 3 is 3.00 bits per heavy atom. The molecule has 4 nitrogen and oxygen atoms in total. The van der Waals surface area contributed by atoms with Gasteiger partial charge in [0.15, 0.2) is 0 Å². The van der Waals surface area contributed by atoms with Gasteiger partial charge in [-0.1, -0.05) is 13.0 Å². The number of nitrogen functional groups attached to an aromatic ring is 1. The number of methoxy groups -OCH3 is 1. The minimum Gasteiger partial charge on any atom is -0.497 e. The summed E-state index contributed by atoms with van der Waals surface area (Å²) in [4.78, 5) is 2.45. The molecule has 1 unspecified atom stereocenters. The number of ether oxygens (including phenoxy) is 2. The van der Waals surface area contributed by atoms with Crippen LogP contribution in [-0.2, 0) is 11.3 Å². The molecule has 0 aliphatic carbocycles. The zero-order chi connectivity index (χ0) is 13.0. The number of hydrogen-bond acceptors (Lipinski definition) is 4. The van der Waals surface area contributed by atoms with E-state index in [4.69, 9.17) is 15.2 Å². The van der Waals surface area contributed by atoms with E-state index < -0.39 is 0 Å². The van der Waals surface area contributed by atoms with Crippen LogP contribution in [0.1, 0.15) is 18.9 Å². The van der Waals surface area contributed by atoms with Crippen molar-refractivity contribution >= 4 is 5.69 Å². The summed E-state index contributed by atoms with van der Waals surface area (Å²) in [6, 6.07) is 6.40. The first-order chi connectivity index (χ1) is 8.74. The zero-order valence-electron chi connectivity index (χ0n) is 11.2. The lowest BCUT2D eigenvalue weighted by atomic mass is 10.1. The Hall–Kier alpha value is -1.26. The maximum Gasteiger partial charge on any atom is 0.120 e. The van der Waals surface area contributed by atoms with Crippen LogP contribution in [0.4, 0.5) is 5.69 Å². The summed E-state index contributed by atoms with van der Waals surface area (Å²) < 4.78 is 10.7. The second-order valence-corrected chi connectivity index (χ2v) is 4.67. The van der Waals surface area contributed by atoms with Crippen molar-refractivity contribution in [2.75, 3.05) is 32.6 Å². The Kier molecular flexibility index (Phi) is 4.44. The van der Waals surface area contributed by atoms with E-state index in [9.17, 15) is 0 Å². The Balaban J connectivity index is 2.07. The molecule has 1 aromatic carbocycles. The van der Waals surface area contributed by atoms with E-state index in [0.29, 0.717) is 6.04 Å². The van der Waals surface area contributed by atoms with E-state index in [2.05, 4.69) is 17.9 Å². The van der Waals surface area contributed by atoms with Crippen molar-refractivity contribution in [1.29, 1.82) is 0 Å². The summed E-state index contributed by atoms with van der Waals surface area (Å²) in [6.45, 7) is 5.70. The van der Waals surface area contributed by atoms with Crippen LogP contribution in [0.15, 0.2) is 18.2 Å². The van der Waals surface area contributed by atoms with Gasteiger partial charge in [-0.05, 0) is 18.1 Å². The van der Waals surface area contributed by atoms with Gasteiger partial charge in [0.1, 0.15) is 5.75 Å². The fourth-order valence-corrected chi connectivity index (χ4v) is 2.34. The van der Waals surface area contributed by atoms with Gasteiger partial charge in [-0.25, -0.2) is 0 Å². The molecule has 2 N–H and O–H groups in total. The average molecular weight is 250 g/mol. The predicted molar refractivity (Wildman–Crippen MR) is 72.7 cm³/mol. The molecule has 0 aromatic heterocycles. The molecular formula is C14H22N2O2. The first kappa shape index (κ1) is 13.2. The van der Waals surface area contributed by atoms with Crippen LogP contribution >= 0.6 is 0 Å². The Bertz CT molecular complexity index is 395. The summed E-state index contributed by atoms with van der Waals surface area (Å²) >= 11 is 0. The number of anilines is 1. The Morgan fingerprint density at radius 2 is 2.33 bits per heavy atom. The molecule has 1 saturated heterocycles. The van der Waals surface area contributed by atoms with Gasteiger partial charge in [-0.2, -0.15) is 0 Å². The van der Waals surface area contributed by atoms with E-state index >= 15 is 0 Å². The molecule has 1 heterocycles. The van der Waals surface area contributed by atoms with Gasteiger partial charge in [-0.15, -0.1) is 0 Å². The molecule has 18 heavy (non-hydrogen) atoms. The van der Waals surface area contributed by atoms with Crippen LogP contribution in [0, 0.1) is 0 Å². The van der Waals surface area contributed by atoms with Crippen LogP contribution in [0.25, 0.3) is 0 Å². The van der Waals surface area contributed by atoms with Crippen LogP contribution in [-0.4, -0.2) is 37.8 Å². The van der Waals surface area contributed by atoms with E-state index in [1.807, 2.05) is 12.1 Å². The summed E-state index contributed by atoms with van der Waals surface area (Å²) in [7, 11) is 1.66. The van der Waals surface area contributed by atoms with Gasteiger partial charge in [-0.3, -0.25) is 4.90 Å². The van der Waals surface area contributed by atoms with Crippen molar-refractivity contribution in [3.63, 3.8) is 0 Å².